The van der Waals surface area contributed by atoms with Gasteiger partial charge in [-0.3, -0.25) is 0 Å². The summed E-state index contributed by atoms with van der Waals surface area (Å²) in [5.74, 6) is 0. The molecule has 2 nitrogen and oxygen atoms in total. The summed E-state index contributed by atoms with van der Waals surface area (Å²) in [5, 5.41) is 11.7. The van der Waals surface area contributed by atoms with Crippen LogP contribution in [0.3, 0.4) is 0 Å². The second-order valence-corrected chi connectivity index (χ2v) is 11.0. The molecule has 1 atom stereocenters. The van der Waals surface area contributed by atoms with Crippen molar-refractivity contribution in [3.63, 3.8) is 0 Å². The zero-order chi connectivity index (χ0) is 19.5. The van der Waals surface area contributed by atoms with Crippen LogP contribution in [-0.4, -0.2) is 30.4 Å². The van der Waals surface area contributed by atoms with Crippen molar-refractivity contribution < 1.29 is 16.9 Å². The number of hydrogen-bond donors (Lipinski definition) is 0. The van der Waals surface area contributed by atoms with E-state index in [4.69, 9.17) is 0 Å². The van der Waals surface area contributed by atoms with Crippen LogP contribution in [0.2, 0.25) is 0 Å². The second kappa shape index (κ2) is 6.55. The first-order chi connectivity index (χ1) is 11.8. The Balaban J connectivity index is 0.000000298. The van der Waals surface area contributed by atoms with Crippen LogP contribution in [0.5, 0.6) is 0 Å². The standard InChI is InChI=1S/C17H14N2.6FH.Sb/c18-12-16-9-3-4-11-19(16)13-15-8-5-7-14-6-1-2-10-17(14)15;;;;;;;/h1-11,16H,13H2;6*1H;/q;;;;;;;+5/p-6. The molecule has 26 heavy (non-hydrogen) atoms. The number of nitriles is 1. The van der Waals surface area contributed by atoms with Crippen molar-refractivity contribution in [1.29, 1.82) is 5.26 Å². The van der Waals surface area contributed by atoms with Gasteiger partial charge in [-0.1, -0.05) is 48.5 Å². The molecule has 0 saturated carbocycles. The third-order valence-electron chi connectivity index (χ3n) is 3.40. The fourth-order valence-corrected chi connectivity index (χ4v) is 2.43. The van der Waals surface area contributed by atoms with E-state index in [-0.39, 0.29) is 6.04 Å². The molecule has 140 valence electrons. The van der Waals surface area contributed by atoms with Gasteiger partial charge in [0.1, 0.15) is 6.04 Å². The van der Waals surface area contributed by atoms with Crippen LogP contribution in [0.1, 0.15) is 5.56 Å². The van der Waals surface area contributed by atoms with Gasteiger partial charge in [-0.25, -0.2) is 0 Å². The summed E-state index contributed by atoms with van der Waals surface area (Å²) >= 11 is -11.2. The van der Waals surface area contributed by atoms with Crippen LogP contribution < -0.4 is 0 Å². The predicted octanol–water partition coefficient (Wildman–Crippen LogP) is 5.76. The summed E-state index contributed by atoms with van der Waals surface area (Å²) in [6, 6.07) is 16.8. The van der Waals surface area contributed by atoms with E-state index in [9.17, 15) is 22.1 Å². The fraction of sp³-hybridized carbons (Fsp3) is 0.118. The molecule has 0 N–H and O–H groups in total. The third kappa shape index (κ3) is 7.40. The maximum absolute atomic E-state index is 11.2. The molecule has 9 heteroatoms. The summed E-state index contributed by atoms with van der Waals surface area (Å²) in [6.07, 6.45) is 7.80. The Morgan fingerprint density at radius 1 is 0.923 bits per heavy atom. The number of fused-ring (bicyclic) bond motifs is 1. The molecule has 3 rings (SSSR count). The quantitative estimate of drug-likeness (QED) is 0.403. The Hall–Kier alpha value is -2.13. The average Bonchev–Trinajstić information content (AvgIpc) is 2.53. The van der Waals surface area contributed by atoms with Gasteiger partial charge in [0.25, 0.3) is 0 Å². The monoisotopic (exact) mass is 481 g/mol. The summed E-state index contributed by atoms with van der Waals surface area (Å²) < 4.78 is 59.6. The van der Waals surface area contributed by atoms with Crippen LogP contribution in [0.25, 0.3) is 10.8 Å². The van der Waals surface area contributed by atoms with E-state index < -0.39 is 19.5 Å². The summed E-state index contributed by atoms with van der Waals surface area (Å²) in [4.78, 5) is 2.06. The van der Waals surface area contributed by atoms with Crippen LogP contribution in [-0.2, 0) is 6.54 Å². The predicted molar refractivity (Wildman–Crippen MR) is 89.6 cm³/mol. The summed E-state index contributed by atoms with van der Waals surface area (Å²) in [5.41, 5.74) is 1.25. The molecule has 2 aromatic carbocycles. The molecule has 0 saturated heterocycles. The minimum absolute atomic E-state index is 0.177. The topological polar surface area (TPSA) is 27.0 Å². The number of rotatable bonds is 2. The van der Waals surface area contributed by atoms with Crippen molar-refractivity contribution >= 4 is 30.2 Å². The Labute approximate surface area is 148 Å². The Kier molecular flexibility index (Phi) is 5.08. The van der Waals surface area contributed by atoms with Gasteiger partial charge < -0.3 is 4.90 Å². The number of hydrogen-bond acceptors (Lipinski definition) is 2. The van der Waals surface area contributed by atoms with Gasteiger partial charge in [-0.2, -0.15) is 5.26 Å². The van der Waals surface area contributed by atoms with Crippen LogP contribution in [0.4, 0.5) is 16.9 Å². The first-order valence-corrected chi connectivity index (χ1v) is 13.2. The van der Waals surface area contributed by atoms with Crippen molar-refractivity contribution in [2.24, 2.45) is 0 Å². The first kappa shape index (κ1) is 20.2. The Morgan fingerprint density at radius 3 is 2.19 bits per heavy atom. The van der Waals surface area contributed by atoms with E-state index in [1.54, 1.807) is 0 Å². The van der Waals surface area contributed by atoms with Gasteiger partial charge in [0.2, 0.25) is 0 Å². The maximum atomic E-state index is 9.93. The number of halogens is 6. The van der Waals surface area contributed by atoms with E-state index in [1.807, 2.05) is 30.5 Å². The molecule has 1 unspecified atom stereocenters. The zero-order valence-corrected chi connectivity index (χ0v) is 15.8. The number of nitrogens with zero attached hydrogens (tertiary/aromatic N) is 2. The normalized spacial score (nSPS) is 19.1. The van der Waals surface area contributed by atoms with Crippen molar-refractivity contribution in [2.45, 2.75) is 12.6 Å². The van der Waals surface area contributed by atoms with Gasteiger partial charge in [-0.05, 0) is 28.5 Å². The number of benzene rings is 2. The van der Waals surface area contributed by atoms with Gasteiger partial charge in [0, 0.05) is 12.7 Å². The molecule has 0 aromatic heterocycles. The molecule has 2 aromatic rings. The molecule has 1 aliphatic heterocycles. The molecule has 0 bridgehead atoms. The molecule has 0 fully saturated rings. The first-order valence-electron chi connectivity index (χ1n) is 7.37. The number of allylic oxidation sites excluding steroid dienone is 2. The molecule has 1 heterocycles. The van der Waals surface area contributed by atoms with E-state index in [1.165, 1.54) is 16.3 Å². The second-order valence-electron chi connectivity index (χ2n) is 5.57. The molecular formula is C17H14F6N2Sb-. The Bertz CT molecular complexity index is 880. The minimum atomic E-state index is -11.2. The van der Waals surface area contributed by atoms with Crippen LogP contribution in [0, 0.1) is 11.3 Å². The van der Waals surface area contributed by atoms with Crippen molar-refractivity contribution in [3.05, 3.63) is 72.5 Å². The molecule has 0 aliphatic carbocycles. The Morgan fingerprint density at radius 2 is 1.54 bits per heavy atom. The fourth-order valence-electron chi connectivity index (χ4n) is 2.43. The van der Waals surface area contributed by atoms with Gasteiger partial charge in [0.05, 0.1) is 6.07 Å². The van der Waals surface area contributed by atoms with E-state index in [0.717, 1.165) is 6.54 Å². The van der Waals surface area contributed by atoms with Gasteiger partial charge >= 0.3 is 36.4 Å². The third-order valence-corrected chi connectivity index (χ3v) is 3.40. The van der Waals surface area contributed by atoms with Crippen LogP contribution >= 0.6 is 0 Å². The van der Waals surface area contributed by atoms with Crippen LogP contribution in [0.15, 0.2) is 66.9 Å². The van der Waals surface area contributed by atoms with Gasteiger partial charge in [-0.15, -0.1) is 0 Å². The van der Waals surface area contributed by atoms with Crippen molar-refractivity contribution in [2.75, 3.05) is 0 Å². The summed E-state index contributed by atoms with van der Waals surface area (Å²) in [6.45, 7) is 0.750. The molecule has 0 amide bonds. The van der Waals surface area contributed by atoms with E-state index >= 15 is 0 Å². The SMILES string of the molecule is N#CC1C=CC=CN1Cc1cccc2ccccc12.[F][Sb-]([F])([F])([F])([F])[F]. The molecular weight excluding hydrogens is 468 g/mol. The van der Waals surface area contributed by atoms with Crippen molar-refractivity contribution in [3.8, 4) is 6.07 Å². The van der Waals surface area contributed by atoms with E-state index in [0.29, 0.717) is 0 Å². The summed E-state index contributed by atoms with van der Waals surface area (Å²) in [7, 11) is 0. The van der Waals surface area contributed by atoms with Crippen molar-refractivity contribution in [1.82, 2.24) is 4.90 Å². The zero-order valence-electron chi connectivity index (χ0n) is 13.2. The molecule has 0 spiro atoms. The average molecular weight is 482 g/mol. The van der Waals surface area contributed by atoms with E-state index in [2.05, 4.69) is 47.4 Å². The molecule has 0 radical (unpaired) electrons. The molecule has 1 aliphatic rings. The van der Waals surface area contributed by atoms with Gasteiger partial charge in [0.15, 0.2) is 0 Å².